The molecule has 128 valence electrons. The maximum atomic E-state index is 11.8. The maximum absolute atomic E-state index is 11.8. The van der Waals surface area contributed by atoms with Crippen molar-refractivity contribution in [3.05, 3.63) is 71.8 Å². The van der Waals surface area contributed by atoms with E-state index in [0.717, 1.165) is 11.1 Å². The number of carbonyl (C=O) groups excluding carboxylic acids is 3. The van der Waals surface area contributed by atoms with Crippen LogP contribution in [0.4, 0.5) is 0 Å². The molecular formula is C19H20BO4P. The smallest absolute Gasteiger partial charge is 0.375 e. The van der Waals surface area contributed by atoms with Crippen LogP contribution in [0.25, 0.3) is 0 Å². The predicted octanol–water partition coefficient (Wildman–Crippen LogP) is 3.00. The third-order valence-electron chi connectivity index (χ3n) is 3.44. The van der Waals surface area contributed by atoms with E-state index in [-0.39, 0.29) is 12.4 Å². The third-order valence-corrected chi connectivity index (χ3v) is 3.44. The van der Waals surface area contributed by atoms with Gasteiger partial charge in [-0.3, -0.25) is 9.59 Å². The number of hydrogen-bond acceptors (Lipinski definition) is 4. The van der Waals surface area contributed by atoms with E-state index >= 15 is 0 Å². The number of ether oxygens (including phenoxy) is 1. The van der Waals surface area contributed by atoms with E-state index in [0.29, 0.717) is 0 Å². The second-order valence-electron chi connectivity index (χ2n) is 5.85. The molecule has 1 atom stereocenters. The molecule has 2 aromatic rings. The first kappa shape index (κ1) is 20.8. The van der Waals surface area contributed by atoms with Crippen molar-refractivity contribution < 1.29 is 19.1 Å². The summed E-state index contributed by atoms with van der Waals surface area (Å²) in [7, 11) is 6.33. The summed E-state index contributed by atoms with van der Waals surface area (Å²) in [4.78, 5) is 33.0. The molecule has 0 aromatic heterocycles. The van der Waals surface area contributed by atoms with Crippen molar-refractivity contribution in [3.63, 3.8) is 0 Å². The normalized spacial score (nSPS) is 14.4. The number of cyclic esters (lactones) is 1. The number of hydrogen-bond donors (Lipinski definition) is 0. The van der Waals surface area contributed by atoms with Crippen molar-refractivity contribution in [1.82, 2.24) is 0 Å². The van der Waals surface area contributed by atoms with Gasteiger partial charge >= 0.3 is 5.97 Å². The Morgan fingerprint density at radius 1 is 0.920 bits per heavy atom. The number of Topliss-reactive ketones (excluding diaryl/α,β-unsaturated/α-hetero) is 1. The molecule has 0 aliphatic carbocycles. The summed E-state index contributed by atoms with van der Waals surface area (Å²) in [6.07, 6.45) is 0. The summed E-state index contributed by atoms with van der Waals surface area (Å²) in [5.74, 6) is -1.03. The molecule has 0 saturated carbocycles. The first-order chi connectivity index (χ1) is 11.9. The lowest BCUT2D eigenvalue weighted by molar-refractivity contribution is -0.147. The van der Waals surface area contributed by atoms with Crippen LogP contribution >= 0.6 is 9.12 Å². The highest BCUT2D eigenvalue weighted by atomic mass is 31.0. The maximum Gasteiger partial charge on any atom is 0.375 e. The van der Waals surface area contributed by atoms with Crippen LogP contribution in [0.1, 0.15) is 29.8 Å². The van der Waals surface area contributed by atoms with Crippen molar-refractivity contribution in [2.45, 2.75) is 13.8 Å². The average molecular weight is 354 g/mol. The molecule has 0 bridgehead atoms. The minimum absolute atomic E-state index is 0.0752. The number of carbonyl (C=O) groups is 3. The summed E-state index contributed by atoms with van der Waals surface area (Å²) in [5.41, 5.74) is 0.884. The molecule has 25 heavy (non-hydrogen) atoms. The van der Waals surface area contributed by atoms with Gasteiger partial charge in [-0.05, 0) is 13.8 Å². The fourth-order valence-corrected chi connectivity index (χ4v) is 2.00. The van der Waals surface area contributed by atoms with Crippen LogP contribution in [-0.4, -0.2) is 31.7 Å². The van der Waals surface area contributed by atoms with E-state index in [1.807, 2.05) is 69.8 Å². The third kappa shape index (κ3) is 5.95. The average Bonchev–Trinajstić information content (AvgIpc) is 2.91. The highest BCUT2D eigenvalue weighted by Gasteiger charge is 2.41. The van der Waals surface area contributed by atoms with E-state index in [2.05, 4.69) is 12.3 Å². The summed E-state index contributed by atoms with van der Waals surface area (Å²) in [5, 5.41) is 0. The van der Waals surface area contributed by atoms with Crippen LogP contribution < -0.4 is 0 Å². The monoisotopic (exact) mass is 354 g/mol. The van der Waals surface area contributed by atoms with Gasteiger partial charge in [0.1, 0.15) is 6.61 Å². The molecule has 2 aromatic carbocycles. The molecule has 2 radical (unpaired) electrons. The molecule has 4 nitrogen and oxygen atoms in total. The molecular weight excluding hydrogens is 334 g/mol. The van der Waals surface area contributed by atoms with Crippen molar-refractivity contribution in [2.24, 2.45) is 5.41 Å². The molecule has 0 spiro atoms. The number of ketones is 2. The van der Waals surface area contributed by atoms with Gasteiger partial charge in [0.05, 0.1) is 13.0 Å². The van der Waals surface area contributed by atoms with E-state index in [1.165, 1.54) is 0 Å². The van der Waals surface area contributed by atoms with Crippen molar-refractivity contribution in [2.75, 3.05) is 6.61 Å². The Morgan fingerprint density at radius 3 is 1.56 bits per heavy atom. The molecule has 3 rings (SSSR count). The lowest BCUT2D eigenvalue weighted by atomic mass is 9.92. The van der Waals surface area contributed by atoms with E-state index in [9.17, 15) is 14.4 Å². The lowest BCUT2D eigenvalue weighted by Crippen LogP contribution is -2.23. The molecule has 6 heteroatoms. The molecule has 1 saturated heterocycles. The highest BCUT2D eigenvalue weighted by Crippen LogP contribution is 2.23. The van der Waals surface area contributed by atoms with Crippen molar-refractivity contribution in [1.29, 1.82) is 0 Å². The second kappa shape index (κ2) is 9.90. The minimum Gasteiger partial charge on any atom is -0.459 e. The van der Waals surface area contributed by atoms with Gasteiger partial charge in [0.2, 0.25) is 5.78 Å². The Balaban J connectivity index is 0.000000246. The standard InChI is InChI=1S/C13H10O.C6H8O3.BH2P/c14-13(11-7-3-1-4-8-11)12-9-5-2-6-10-12;1-6(2)3-9-5(8)4(6)7;1-2/h1-10H;3H2,1-2H3;2H2. The highest BCUT2D eigenvalue weighted by molar-refractivity contribution is 7.49. The van der Waals surface area contributed by atoms with Crippen LogP contribution in [-0.2, 0) is 14.3 Å². The number of rotatable bonds is 2. The molecule has 1 heterocycles. The van der Waals surface area contributed by atoms with E-state index in [1.54, 1.807) is 13.8 Å². The van der Waals surface area contributed by atoms with Crippen LogP contribution in [0.2, 0.25) is 0 Å². The zero-order valence-corrected chi connectivity index (χ0v) is 15.4. The Kier molecular flexibility index (Phi) is 8.23. The zero-order chi connectivity index (χ0) is 18.9. The Bertz CT molecular complexity index is 673. The fraction of sp³-hybridized carbons (Fsp3) is 0.211. The van der Waals surface area contributed by atoms with Gasteiger partial charge < -0.3 is 4.74 Å². The Hall–Kier alpha value is -2.26. The van der Waals surface area contributed by atoms with Gasteiger partial charge in [0, 0.05) is 11.1 Å². The van der Waals surface area contributed by atoms with Crippen LogP contribution in [0.3, 0.4) is 0 Å². The first-order valence-electron chi connectivity index (χ1n) is 7.61. The van der Waals surface area contributed by atoms with Gasteiger partial charge in [0.15, 0.2) is 5.78 Å². The molecule has 1 unspecified atom stereocenters. The Labute approximate surface area is 151 Å². The molecule has 1 aliphatic heterocycles. The van der Waals surface area contributed by atoms with Crippen LogP contribution in [0, 0.1) is 5.41 Å². The molecule has 0 amide bonds. The Morgan fingerprint density at radius 2 is 1.32 bits per heavy atom. The quantitative estimate of drug-likeness (QED) is 0.274. The van der Waals surface area contributed by atoms with Crippen LogP contribution in [0.5, 0.6) is 0 Å². The largest absolute Gasteiger partial charge is 0.459 e. The summed E-state index contributed by atoms with van der Waals surface area (Å²) in [6, 6.07) is 18.6. The molecule has 0 N–H and O–H groups in total. The van der Waals surface area contributed by atoms with Crippen molar-refractivity contribution in [3.8, 4) is 0 Å². The predicted molar refractivity (Wildman–Crippen MR) is 102 cm³/mol. The van der Waals surface area contributed by atoms with Gasteiger partial charge in [0.25, 0.3) is 0 Å². The first-order valence-corrected chi connectivity index (χ1v) is 8.28. The van der Waals surface area contributed by atoms with Gasteiger partial charge in [-0.25, -0.2) is 4.79 Å². The van der Waals surface area contributed by atoms with E-state index < -0.39 is 17.2 Å². The topological polar surface area (TPSA) is 60.4 Å². The summed E-state index contributed by atoms with van der Waals surface area (Å²) in [6.45, 7) is 3.62. The lowest BCUT2D eigenvalue weighted by Gasteiger charge is -2.07. The van der Waals surface area contributed by atoms with Gasteiger partial charge in [-0.1, -0.05) is 60.7 Å². The van der Waals surface area contributed by atoms with Crippen LogP contribution in [0.15, 0.2) is 60.7 Å². The number of esters is 1. The minimum atomic E-state index is -0.694. The summed E-state index contributed by atoms with van der Waals surface area (Å²) < 4.78 is 4.49. The zero-order valence-electron chi connectivity index (χ0n) is 14.3. The summed E-state index contributed by atoms with van der Waals surface area (Å²) >= 11 is 0. The van der Waals surface area contributed by atoms with Gasteiger partial charge in [-0.15, -0.1) is 0 Å². The number of benzene rings is 2. The fourth-order valence-electron chi connectivity index (χ4n) is 2.00. The van der Waals surface area contributed by atoms with Gasteiger partial charge in [-0.2, -0.15) is 9.12 Å². The molecule has 1 aliphatic rings. The molecule has 1 fully saturated rings. The van der Waals surface area contributed by atoms with Crippen molar-refractivity contribution >= 4 is 34.2 Å². The second-order valence-corrected chi connectivity index (χ2v) is 5.85. The van der Waals surface area contributed by atoms with E-state index in [4.69, 9.17) is 0 Å². The SMILES string of the molecule is CC1(C)COC(=O)C1=O.O=C(c1ccccc1)c1ccccc1.[B]P.